The number of rotatable bonds is 6. The van der Waals surface area contributed by atoms with E-state index in [-0.39, 0.29) is 0 Å². The first-order chi connectivity index (χ1) is 14.2. The summed E-state index contributed by atoms with van der Waals surface area (Å²) in [6.45, 7) is 2.00. The topological polar surface area (TPSA) is 83.1 Å². The molecule has 0 radical (unpaired) electrons. The SMILES string of the molecule is Cc1cc(SCc2nc3ccccc3[nH]2)nc(SCc2nc3ccccc3[nH]2)n1. The maximum absolute atomic E-state index is 4.70. The predicted molar refractivity (Wildman–Crippen MR) is 118 cm³/mol. The van der Waals surface area contributed by atoms with Gasteiger partial charge >= 0.3 is 0 Å². The van der Waals surface area contributed by atoms with Gasteiger partial charge in [0.1, 0.15) is 16.7 Å². The summed E-state index contributed by atoms with van der Waals surface area (Å²) in [6.07, 6.45) is 0. The fourth-order valence-electron chi connectivity index (χ4n) is 3.08. The van der Waals surface area contributed by atoms with E-state index in [1.165, 1.54) is 0 Å². The molecular formula is C21H18N6S2. The Morgan fingerprint density at radius 2 is 1.31 bits per heavy atom. The highest BCUT2D eigenvalue weighted by molar-refractivity contribution is 7.99. The van der Waals surface area contributed by atoms with Crippen molar-refractivity contribution in [3.63, 3.8) is 0 Å². The molecule has 2 aromatic carbocycles. The van der Waals surface area contributed by atoms with Gasteiger partial charge in [0.15, 0.2) is 5.16 Å². The van der Waals surface area contributed by atoms with E-state index in [0.29, 0.717) is 5.75 Å². The lowest BCUT2D eigenvalue weighted by atomic mass is 10.3. The van der Waals surface area contributed by atoms with E-state index in [0.717, 1.165) is 55.3 Å². The number of benzene rings is 2. The van der Waals surface area contributed by atoms with Crippen molar-refractivity contribution < 1.29 is 0 Å². The van der Waals surface area contributed by atoms with E-state index in [4.69, 9.17) is 4.98 Å². The van der Waals surface area contributed by atoms with Gasteiger partial charge in [-0.1, -0.05) is 47.8 Å². The summed E-state index contributed by atoms with van der Waals surface area (Å²) in [5, 5.41) is 1.71. The van der Waals surface area contributed by atoms with Crippen molar-refractivity contribution in [1.82, 2.24) is 29.9 Å². The third-order valence-electron chi connectivity index (χ3n) is 4.38. The summed E-state index contributed by atoms with van der Waals surface area (Å²) in [5.41, 5.74) is 5.04. The van der Waals surface area contributed by atoms with Gasteiger partial charge in [0.25, 0.3) is 0 Å². The van der Waals surface area contributed by atoms with Crippen LogP contribution in [0.4, 0.5) is 0 Å². The number of aromatic nitrogens is 6. The Labute approximate surface area is 176 Å². The Kier molecular flexibility index (Phi) is 4.95. The van der Waals surface area contributed by atoms with Gasteiger partial charge in [0, 0.05) is 5.69 Å². The molecule has 0 amide bonds. The summed E-state index contributed by atoms with van der Waals surface area (Å²) >= 11 is 3.25. The maximum Gasteiger partial charge on any atom is 0.189 e. The number of hydrogen-bond donors (Lipinski definition) is 2. The third kappa shape index (κ3) is 4.13. The number of fused-ring (bicyclic) bond motifs is 2. The van der Waals surface area contributed by atoms with Crippen LogP contribution in [0.15, 0.2) is 64.8 Å². The molecule has 29 heavy (non-hydrogen) atoms. The standard InChI is InChI=1S/C21H18N6S2/c1-13-10-20(28-11-18-23-14-6-2-3-7-15(14)24-18)27-21(22-13)29-12-19-25-16-8-4-5-9-17(16)26-19/h2-10H,11-12H2,1H3,(H,23,24)(H,25,26). The summed E-state index contributed by atoms with van der Waals surface area (Å²) in [4.78, 5) is 25.2. The Hall–Kier alpha value is -2.84. The van der Waals surface area contributed by atoms with Gasteiger partial charge in [0.2, 0.25) is 0 Å². The van der Waals surface area contributed by atoms with Crippen molar-refractivity contribution in [2.75, 3.05) is 0 Å². The average Bonchev–Trinajstić information content (AvgIpc) is 3.33. The molecule has 0 saturated carbocycles. The molecule has 0 bridgehead atoms. The molecule has 144 valence electrons. The minimum absolute atomic E-state index is 0.700. The zero-order chi connectivity index (χ0) is 19.6. The number of nitrogens with zero attached hydrogens (tertiary/aromatic N) is 4. The van der Waals surface area contributed by atoms with Crippen LogP contribution in [-0.2, 0) is 11.5 Å². The van der Waals surface area contributed by atoms with E-state index in [9.17, 15) is 0 Å². The molecule has 0 fully saturated rings. The summed E-state index contributed by atoms with van der Waals surface area (Å²) in [5.74, 6) is 3.31. The van der Waals surface area contributed by atoms with Crippen LogP contribution in [-0.4, -0.2) is 29.9 Å². The van der Waals surface area contributed by atoms with Crippen LogP contribution < -0.4 is 0 Å². The molecule has 0 atom stereocenters. The van der Waals surface area contributed by atoms with E-state index in [2.05, 4.69) is 24.9 Å². The molecular weight excluding hydrogens is 400 g/mol. The number of aromatic amines is 2. The first kappa shape index (κ1) is 18.2. The number of para-hydroxylation sites is 4. The van der Waals surface area contributed by atoms with Gasteiger partial charge in [-0.25, -0.2) is 19.9 Å². The number of hydrogen-bond acceptors (Lipinski definition) is 6. The monoisotopic (exact) mass is 418 g/mol. The molecule has 0 unspecified atom stereocenters. The predicted octanol–water partition coefficient (Wildman–Crippen LogP) is 5.12. The number of H-pyrrole nitrogens is 2. The second-order valence-electron chi connectivity index (χ2n) is 6.61. The van der Waals surface area contributed by atoms with Crippen molar-refractivity contribution >= 4 is 45.6 Å². The van der Waals surface area contributed by atoms with Crippen LogP contribution in [0, 0.1) is 6.92 Å². The Bertz CT molecular complexity index is 1130. The van der Waals surface area contributed by atoms with E-state index >= 15 is 0 Å². The van der Waals surface area contributed by atoms with Gasteiger partial charge in [-0.2, -0.15) is 0 Å². The van der Waals surface area contributed by atoms with Crippen molar-refractivity contribution in [2.45, 2.75) is 28.6 Å². The first-order valence-electron chi connectivity index (χ1n) is 9.21. The number of aryl methyl sites for hydroxylation is 1. The minimum atomic E-state index is 0.700. The Morgan fingerprint density at radius 3 is 1.93 bits per heavy atom. The summed E-state index contributed by atoms with van der Waals surface area (Å²) < 4.78 is 0. The lowest BCUT2D eigenvalue weighted by Crippen LogP contribution is -1.94. The van der Waals surface area contributed by atoms with Gasteiger partial charge in [-0.05, 0) is 37.3 Å². The molecule has 0 aliphatic rings. The highest BCUT2D eigenvalue weighted by atomic mass is 32.2. The zero-order valence-electron chi connectivity index (χ0n) is 15.7. The van der Waals surface area contributed by atoms with Crippen molar-refractivity contribution in [3.05, 3.63) is 71.9 Å². The highest BCUT2D eigenvalue weighted by Gasteiger charge is 2.09. The molecule has 0 aliphatic heterocycles. The van der Waals surface area contributed by atoms with Gasteiger partial charge in [0.05, 0.1) is 33.6 Å². The molecule has 5 aromatic rings. The maximum atomic E-state index is 4.70. The van der Waals surface area contributed by atoms with Crippen LogP contribution in [0.25, 0.3) is 22.1 Å². The fourth-order valence-corrected chi connectivity index (χ4v) is 4.73. The summed E-state index contributed by atoms with van der Waals surface area (Å²) in [7, 11) is 0. The molecule has 6 nitrogen and oxygen atoms in total. The van der Waals surface area contributed by atoms with Crippen molar-refractivity contribution in [2.24, 2.45) is 0 Å². The number of imidazole rings is 2. The highest BCUT2D eigenvalue weighted by Crippen LogP contribution is 2.26. The lowest BCUT2D eigenvalue weighted by molar-refractivity contribution is 0.862. The van der Waals surface area contributed by atoms with Crippen LogP contribution in [0.2, 0.25) is 0 Å². The molecule has 0 saturated heterocycles. The number of nitrogens with one attached hydrogen (secondary N) is 2. The Balaban J connectivity index is 1.27. The molecule has 5 rings (SSSR count). The number of thioether (sulfide) groups is 2. The molecule has 0 spiro atoms. The van der Waals surface area contributed by atoms with E-state index in [1.54, 1.807) is 23.5 Å². The normalized spacial score (nSPS) is 11.5. The molecule has 8 heteroatoms. The van der Waals surface area contributed by atoms with Gasteiger partial charge in [-0.15, -0.1) is 0 Å². The summed E-state index contributed by atoms with van der Waals surface area (Å²) in [6, 6.07) is 18.1. The minimum Gasteiger partial charge on any atom is -0.341 e. The average molecular weight is 419 g/mol. The Morgan fingerprint density at radius 1 is 0.724 bits per heavy atom. The van der Waals surface area contributed by atoms with E-state index < -0.39 is 0 Å². The van der Waals surface area contributed by atoms with Crippen molar-refractivity contribution in [1.29, 1.82) is 0 Å². The smallest absolute Gasteiger partial charge is 0.189 e. The second-order valence-corrected chi connectivity index (χ2v) is 8.55. The van der Waals surface area contributed by atoms with Crippen molar-refractivity contribution in [3.8, 4) is 0 Å². The van der Waals surface area contributed by atoms with Gasteiger partial charge < -0.3 is 9.97 Å². The largest absolute Gasteiger partial charge is 0.341 e. The van der Waals surface area contributed by atoms with Crippen LogP contribution in [0.1, 0.15) is 17.3 Å². The molecule has 0 aliphatic carbocycles. The van der Waals surface area contributed by atoms with Crippen LogP contribution >= 0.6 is 23.5 Å². The second kappa shape index (κ2) is 7.88. The fraction of sp³-hybridized carbons (Fsp3) is 0.143. The molecule has 3 heterocycles. The molecule has 2 N–H and O–H groups in total. The van der Waals surface area contributed by atoms with E-state index in [1.807, 2.05) is 61.5 Å². The third-order valence-corrected chi connectivity index (χ3v) is 6.16. The van der Waals surface area contributed by atoms with Crippen LogP contribution in [0.5, 0.6) is 0 Å². The first-order valence-corrected chi connectivity index (χ1v) is 11.2. The quantitative estimate of drug-likeness (QED) is 0.226. The molecule has 3 aromatic heterocycles. The van der Waals surface area contributed by atoms with Gasteiger partial charge in [-0.3, -0.25) is 0 Å². The lowest BCUT2D eigenvalue weighted by Gasteiger charge is -2.04. The van der Waals surface area contributed by atoms with Crippen LogP contribution in [0.3, 0.4) is 0 Å². The zero-order valence-corrected chi connectivity index (χ0v) is 17.3.